The molecule has 1 aromatic carbocycles. The summed E-state index contributed by atoms with van der Waals surface area (Å²) in [6.45, 7) is 2.33. The second kappa shape index (κ2) is 14.3. The van der Waals surface area contributed by atoms with Crippen LogP contribution in [0.1, 0.15) is 32.3 Å². The molecule has 1 aliphatic rings. The van der Waals surface area contributed by atoms with Gasteiger partial charge in [0.1, 0.15) is 30.9 Å². The predicted octanol–water partition coefficient (Wildman–Crippen LogP) is -3.20. The zero-order valence-electron chi connectivity index (χ0n) is 21.9. The Morgan fingerprint density at radius 3 is 2.40 bits per heavy atom. The van der Waals surface area contributed by atoms with Crippen molar-refractivity contribution in [3.8, 4) is 0 Å². The summed E-state index contributed by atoms with van der Waals surface area (Å²) >= 11 is 0. The number of amides is 5. The third-order valence-corrected chi connectivity index (χ3v) is 6.79. The van der Waals surface area contributed by atoms with E-state index in [-0.39, 0.29) is 18.0 Å². The Bertz CT molecular complexity index is 1240. The number of nitrogens with zero attached hydrogens (tertiary/aromatic N) is 2. The Labute approximate surface area is 230 Å². The monoisotopic (exact) mass is 583 g/mol. The normalized spacial score (nSPS) is 17.5. The Morgan fingerprint density at radius 1 is 1.18 bits per heavy atom. The second-order valence-electron chi connectivity index (χ2n) is 9.02. The van der Waals surface area contributed by atoms with Crippen LogP contribution < -0.4 is 26.8 Å². The van der Waals surface area contributed by atoms with Crippen molar-refractivity contribution < 1.29 is 42.3 Å². The molecule has 5 amide bonds. The Balaban J connectivity index is 1.85. The number of hydrogen-bond donors (Lipinski definition) is 6. The van der Waals surface area contributed by atoms with Crippen LogP contribution >= 0.6 is 0 Å². The summed E-state index contributed by atoms with van der Waals surface area (Å²) in [5.74, 6) is -3.57. The number of primary amides is 1. The van der Waals surface area contributed by atoms with Crippen molar-refractivity contribution in [2.75, 3.05) is 13.1 Å². The van der Waals surface area contributed by atoms with Gasteiger partial charge in [0.2, 0.25) is 33.7 Å². The van der Waals surface area contributed by atoms with Gasteiger partial charge in [-0.05, 0) is 44.4 Å². The molecule has 0 aliphatic carbocycles. The van der Waals surface area contributed by atoms with E-state index in [2.05, 4.69) is 21.1 Å². The first-order chi connectivity index (χ1) is 18.7. The Kier molecular flexibility index (Phi) is 11.5. The van der Waals surface area contributed by atoms with E-state index in [1.807, 2.05) is 0 Å². The molecule has 1 aliphatic heterocycles. The second-order valence-corrected chi connectivity index (χ2v) is 10.6. The fraction of sp³-hybridized carbons (Fsp3) is 0.478. The van der Waals surface area contributed by atoms with E-state index in [0.717, 1.165) is 6.21 Å². The SMILES string of the molecule is CC(O)[C@H](NC(=O)/C=N\OCc1ccc(S(N)(=O)=O)cc1)C(=O)NCC(=O)N1CCC[C@H]1C(=O)N[C@@H](C)C(N)=O. The molecular weight excluding hydrogens is 550 g/mol. The summed E-state index contributed by atoms with van der Waals surface area (Å²) in [6, 6.07) is 2.27. The maximum Gasteiger partial charge on any atom is 0.266 e. The fourth-order valence-electron chi connectivity index (χ4n) is 3.66. The molecule has 4 atom stereocenters. The van der Waals surface area contributed by atoms with Crippen molar-refractivity contribution in [1.29, 1.82) is 0 Å². The third-order valence-electron chi connectivity index (χ3n) is 5.87. The molecule has 220 valence electrons. The highest BCUT2D eigenvalue weighted by molar-refractivity contribution is 7.89. The Hall–Kier alpha value is -4.09. The van der Waals surface area contributed by atoms with Gasteiger partial charge in [0.25, 0.3) is 5.91 Å². The molecule has 40 heavy (non-hydrogen) atoms. The minimum Gasteiger partial charge on any atom is -0.391 e. The number of oxime groups is 1. The first-order valence-corrected chi connectivity index (χ1v) is 13.7. The maximum absolute atomic E-state index is 12.7. The molecule has 0 radical (unpaired) electrons. The maximum atomic E-state index is 12.7. The van der Waals surface area contributed by atoms with E-state index < -0.39 is 70.3 Å². The van der Waals surface area contributed by atoms with Crippen molar-refractivity contribution in [3.05, 3.63) is 29.8 Å². The summed E-state index contributed by atoms with van der Waals surface area (Å²) < 4.78 is 22.5. The highest BCUT2D eigenvalue weighted by atomic mass is 32.2. The first kappa shape index (κ1) is 32.1. The van der Waals surface area contributed by atoms with Gasteiger partial charge in [0.15, 0.2) is 0 Å². The summed E-state index contributed by atoms with van der Waals surface area (Å²) in [5.41, 5.74) is 5.69. The smallest absolute Gasteiger partial charge is 0.266 e. The van der Waals surface area contributed by atoms with Crippen molar-refractivity contribution >= 4 is 45.8 Å². The van der Waals surface area contributed by atoms with Gasteiger partial charge in [0.05, 0.1) is 17.5 Å². The number of carbonyl (C=O) groups excluding carboxylic acids is 5. The summed E-state index contributed by atoms with van der Waals surface area (Å²) in [7, 11) is -3.84. The van der Waals surface area contributed by atoms with E-state index in [4.69, 9.17) is 15.7 Å². The standard InChI is InChI=1S/C23H33N7O9S/c1-13(21(24)34)28-22(35)17-4-3-9-30(17)19(33)11-26-23(36)20(14(2)31)29-18(32)10-27-39-12-15-5-7-16(8-6-15)40(25,37)38/h5-8,10,13-14,17,20,31H,3-4,9,11-12H2,1-2H3,(H2,24,34)(H,26,36)(H,28,35)(H,29,32)(H2,25,37,38)/b27-10-/t13-,14?,17-,20-/m0/s1. The molecule has 2 rings (SSSR count). The number of sulfonamides is 1. The molecule has 0 saturated carbocycles. The molecule has 1 aromatic rings. The molecule has 0 spiro atoms. The van der Waals surface area contributed by atoms with Crippen LogP contribution in [0.25, 0.3) is 0 Å². The number of benzene rings is 1. The summed E-state index contributed by atoms with van der Waals surface area (Å²) in [5, 5.41) is 25.5. The molecule has 0 aromatic heterocycles. The average Bonchev–Trinajstić information content (AvgIpc) is 3.38. The molecule has 0 bridgehead atoms. The molecule has 17 heteroatoms. The molecular formula is C23H33N7O9S. The minimum absolute atomic E-state index is 0.0798. The Morgan fingerprint density at radius 2 is 1.82 bits per heavy atom. The van der Waals surface area contributed by atoms with E-state index >= 15 is 0 Å². The zero-order valence-corrected chi connectivity index (χ0v) is 22.7. The van der Waals surface area contributed by atoms with Gasteiger partial charge in [-0.1, -0.05) is 17.3 Å². The average molecular weight is 584 g/mol. The topological polar surface area (TPSA) is 253 Å². The van der Waals surface area contributed by atoms with Crippen LogP contribution in [0.15, 0.2) is 34.3 Å². The number of likely N-dealkylation sites (tertiary alicyclic amines) is 1. The number of primary sulfonamides is 1. The van der Waals surface area contributed by atoms with Crippen LogP contribution in [0.5, 0.6) is 0 Å². The summed E-state index contributed by atoms with van der Waals surface area (Å²) in [6.07, 6.45) is 0.294. The van der Waals surface area contributed by atoms with Crippen LogP contribution in [0.3, 0.4) is 0 Å². The van der Waals surface area contributed by atoms with Crippen molar-refractivity contribution in [3.63, 3.8) is 0 Å². The number of nitrogens with two attached hydrogens (primary N) is 2. The minimum atomic E-state index is -3.84. The van der Waals surface area contributed by atoms with Crippen LogP contribution in [0, 0.1) is 0 Å². The van der Waals surface area contributed by atoms with Gasteiger partial charge in [-0.3, -0.25) is 24.0 Å². The summed E-state index contributed by atoms with van der Waals surface area (Å²) in [4.78, 5) is 67.2. The zero-order chi connectivity index (χ0) is 30.0. The number of hydrogen-bond acceptors (Lipinski definition) is 10. The van der Waals surface area contributed by atoms with Crippen molar-refractivity contribution in [2.45, 2.75) is 62.4 Å². The first-order valence-electron chi connectivity index (χ1n) is 12.1. The van der Waals surface area contributed by atoms with Crippen LogP contribution in [0.2, 0.25) is 0 Å². The number of aliphatic hydroxyl groups is 1. The lowest BCUT2D eigenvalue weighted by atomic mass is 10.1. The van der Waals surface area contributed by atoms with E-state index in [1.165, 1.54) is 43.0 Å². The highest BCUT2D eigenvalue weighted by Crippen LogP contribution is 2.17. The van der Waals surface area contributed by atoms with Gasteiger partial charge in [-0.25, -0.2) is 13.6 Å². The number of carbonyl (C=O) groups is 5. The lowest BCUT2D eigenvalue weighted by Gasteiger charge is -2.26. The molecule has 8 N–H and O–H groups in total. The van der Waals surface area contributed by atoms with Gasteiger partial charge in [-0.2, -0.15) is 0 Å². The predicted molar refractivity (Wildman–Crippen MR) is 139 cm³/mol. The van der Waals surface area contributed by atoms with Gasteiger partial charge in [0, 0.05) is 6.54 Å². The van der Waals surface area contributed by atoms with E-state index in [9.17, 15) is 37.5 Å². The van der Waals surface area contributed by atoms with Gasteiger partial charge < -0.3 is 36.5 Å². The van der Waals surface area contributed by atoms with Crippen LogP contribution in [-0.2, 0) is 45.4 Å². The lowest BCUT2D eigenvalue weighted by molar-refractivity contribution is -0.140. The van der Waals surface area contributed by atoms with Gasteiger partial charge >= 0.3 is 0 Å². The van der Waals surface area contributed by atoms with Gasteiger partial charge in [-0.15, -0.1) is 0 Å². The van der Waals surface area contributed by atoms with Crippen molar-refractivity contribution in [2.24, 2.45) is 16.0 Å². The number of aliphatic hydroxyl groups excluding tert-OH is 1. The highest BCUT2D eigenvalue weighted by Gasteiger charge is 2.35. The molecule has 16 nitrogen and oxygen atoms in total. The quantitative estimate of drug-likeness (QED) is 0.101. The van der Waals surface area contributed by atoms with E-state index in [1.54, 1.807) is 0 Å². The molecule has 1 saturated heterocycles. The molecule has 1 heterocycles. The van der Waals surface area contributed by atoms with Crippen LogP contribution in [0.4, 0.5) is 0 Å². The van der Waals surface area contributed by atoms with Crippen LogP contribution in [-0.4, -0.2) is 91.5 Å². The third kappa shape index (κ3) is 9.58. The van der Waals surface area contributed by atoms with E-state index in [0.29, 0.717) is 18.4 Å². The number of rotatable bonds is 13. The largest absolute Gasteiger partial charge is 0.391 e. The number of nitrogens with one attached hydrogen (secondary N) is 3. The lowest BCUT2D eigenvalue weighted by Crippen LogP contribution is -2.55. The fourth-order valence-corrected chi connectivity index (χ4v) is 4.18. The molecule has 1 unspecified atom stereocenters. The molecule has 1 fully saturated rings. The van der Waals surface area contributed by atoms with Crippen molar-refractivity contribution in [1.82, 2.24) is 20.9 Å².